The van der Waals surface area contributed by atoms with Crippen LogP contribution in [0.2, 0.25) is 0 Å². The van der Waals surface area contributed by atoms with Crippen molar-refractivity contribution in [3.63, 3.8) is 0 Å². The second-order valence-corrected chi connectivity index (χ2v) is 3.69. The van der Waals surface area contributed by atoms with Crippen LogP contribution in [0.3, 0.4) is 0 Å². The van der Waals surface area contributed by atoms with Gasteiger partial charge < -0.3 is 10.2 Å². The molecule has 0 heterocycles. The highest BCUT2D eigenvalue weighted by molar-refractivity contribution is 5.86. The Bertz CT molecular complexity index is 217. The highest BCUT2D eigenvalue weighted by atomic mass is 16.2. The van der Waals surface area contributed by atoms with Crippen LogP contribution in [-0.2, 0) is 9.59 Å². The van der Waals surface area contributed by atoms with Crippen molar-refractivity contribution >= 4 is 11.8 Å². The summed E-state index contributed by atoms with van der Waals surface area (Å²) < 4.78 is 0. The van der Waals surface area contributed by atoms with Gasteiger partial charge in [0.2, 0.25) is 11.8 Å². The first-order valence-corrected chi connectivity index (χ1v) is 5.58. The van der Waals surface area contributed by atoms with Gasteiger partial charge in [0.05, 0.1) is 0 Å². The smallest absolute Gasteiger partial charge is 0.244 e. The lowest BCUT2D eigenvalue weighted by Gasteiger charge is -2.24. The molecule has 4 nitrogen and oxygen atoms in total. The fourth-order valence-electron chi connectivity index (χ4n) is 1.41. The van der Waals surface area contributed by atoms with Crippen molar-refractivity contribution in [3.05, 3.63) is 0 Å². The van der Waals surface area contributed by atoms with Crippen LogP contribution in [0.15, 0.2) is 0 Å². The van der Waals surface area contributed by atoms with Gasteiger partial charge in [-0.15, -0.1) is 0 Å². The molecule has 15 heavy (non-hydrogen) atoms. The molecule has 0 spiro atoms. The molecule has 2 amide bonds. The van der Waals surface area contributed by atoms with Crippen LogP contribution >= 0.6 is 0 Å². The van der Waals surface area contributed by atoms with Crippen LogP contribution in [0.4, 0.5) is 0 Å². The number of nitrogens with one attached hydrogen (secondary N) is 1. The van der Waals surface area contributed by atoms with E-state index in [2.05, 4.69) is 12.2 Å². The minimum absolute atomic E-state index is 0.00106. The zero-order chi connectivity index (χ0) is 11.8. The molecule has 0 rings (SSSR count). The Kier molecular flexibility index (Phi) is 6.75. The molecule has 0 bridgehead atoms. The normalized spacial score (nSPS) is 12.0. The van der Waals surface area contributed by atoms with Crippen molar-refractivity contribution in [1.29, 1.82) is 0 Å². The number of nitrogens with zero attached hydrogens (tertiary/aromatic N) is 1. The van der Waals surface area contributed by atoms with Gasteiger partial charge in [0.15, 0.2) is 0 Å². The molecular weight excluding hydrogens is 192 g/mol. The second kappa shape index (κ2) is 7.26. The molecule has 0 aliphatic heterocycles. The third-order valence-corrected chi connectivity index (χ3v) is 2.27. The molecule has 1 unspecified atom stereocenters. The van der Waals surface area contributed by atoms with Crippen molar-refractivity contribution in [1.82, 2.24) is 10.2 Å². The highest BCUT2D eigenvalue weighted by Crippen LogP contribution is 1.99. The van der Waals surface area contributed by atoms with E-state index in [0.717, 1.165) is 19.4 Å². The Morgan fingerprint density at radius 2 is 1.93 bits per heavy atom. The number of carbonyl (C=O) groups is 2. The Labute approximate surface area is 92.0 Å². The monoisotopic (exact) mass is 214 g/mol. The standard InChI is InChI=1S/C11H22N2O2/c1-5-7-8-13(6-2)11(15)9(3)12-10(4)14/h9H,5-8H2,1-4H3,(H,12,14). The molecule has 0 fully saturated rings. The Morgan fingerprint density at radius 3 is 2.33 bits per heavy atom. The Balaban J connectivity index is 4.17. The van der Waals surface area contributed by atoms with E-state index in [1.165, 1.54) is 6.92 Å². The van der Waals surface area contributed by atoms with Crippen molar-refractivity contribution in [3.8, 4) is 0 Å². The van der Waals surface area contributed by atoms with Crippen LogP contribution in [0, 0.1) is 0 Å². The lowest BCUT2D eigenvalue weighted by Crippen LogP contribution is -2.46. The molecule has 0 aliphatic rings. The van der Waals surface area contributed by atoms with Gasteiger partial charge >= 0.3 is 0 Å². The number of unbranched alkanes of at least 4 members (excludes halogenated alkanes) is 1. The molecule has 1 atom stereocenters. The molecular formula is C11H22N2O2. The largest absolute Gasteiger partial charge is 0.345 e. The molecule has 0 aromatic heterocycles. The van der Waals surface area contributed by atoms with Crippen molar-refractivity contribution in [2.45, 2.75) is 46.6 Å². The van der Waals surface area contributed by atoms with Crippen LogP contribution in [0.25, 0.3) is 0 Å². The molecule has 1 N–H and O–H groups in total. The maximum absolute atomic E-state index is 11.8. The number of amides is 2. The van der Waals surface area contributed by atoms with Crippen molar-refractivity contribution < 1.29 is 9.59 Å². The summed E-state index contributed by atoms with van der Waals surface area (Å²) in [6.45, 7) is 8.66. The highest BCUT2D eigenvalue weighted by Gasteiger charge is 2.18. The molecule has 0 aromatic rings. The van der Waals surface area contributed by atoms with Crippen LogP contribution < -0.4 is 5.32 Å². The average Bonchev–Trinajstić information content (AvgIpc) is 2.17. The van der Waals surface area contributed by atoms with Gasteiger partial charge in [0, 0.05) is 20.0 Å². The zero-order valence-corrected chi connectivity index (χ0v) is 10.2. The number of hydrogen-bond donors (Lipinski definition) is 1. The van der Waals surface area contributed by atoms with Crippen molar-refractivity contribution in [2.75, 3.05) is 13.1 Å². The minimum atomic E-state index is -0.417. The second-order valence-electron chi connectivity index (χ2n) is 3.69. The Hall–Kier alpha value is -1.06. The summed E-state index contributed by atoms with van der Waals surface area (Å²) in [5, 5.41) is 2.60. The number of rotatable bonds is 6. The quantitative estimate of drug-likeness (QED) is 0.721. The third kappa shape index (κ3) is 5.40. The lowest BCUT2D eigenvalue weighted by molar-refractivity contribution is -0.135. The van der Waals surface area contributed by atoms with Crippen LogP contribution in [-0.4, -0.2) is 35.8 Å². The first kappa shape index (κ1) is 13.9. The summed E-state index contributed by atoms with van der Waals surface area (Å²) in [4.78, 5) is 24.4. The maximum Gasteiger partial charge on any atom is 0.244 e. The number of hydrogen-bond acceptors (Lipinski definition) is 2. The molecule has 0 saturated heterocycles. The van der Waals surface area contributed by atoms with E-state index in [0.29, 0.717) is 6.54 Å². The maximum atomic E-state index is 11.8. The molecule has 0 saturated carbocycles. The summed E-state index contributed by atoms with van der Waals surface area (Å²) in [5.74, 6) is -0.163. The number of carbonyl (C=O) groups excluding carboxylic acids is 2. The predicted molar refractivity (Wildman–Crippen MR) is 60.4 cm³/mol. The van der Waals surface area contributed by atoms with Crippen molar-refractivity contribution in [2.24, 2.45) is 0 Å². The number of likely N-dealkylation sites (N-methyl/N-ethyl adjacent to an activating group) is 1. The third-order valence-electron chi connectivity index (χ3n) is 2.27. The van der Waals surface area contributed by atoms with E-state index in [4.69, 9.17) is 0 Å². The summed E-state index contributed by atoms with van der Waals surface area (Å²) in [6.07, 6.45) is 2.07. The predicted octanol–water partition coefficient (Wildman–Crippen LogP) is 1.16. The molecule has 0 aliphatic carbocycles. The SMILES string of the molecule is CCCCN(CC)C(=O)C(C)NC(C)=O. The van der Waals surface area contributed by atoms with Gasteiger partial charge in [-0.2, -0.15) is 0 Å². The van der Waals surface area contributed by atoms with Gasteiger partial charge in [-0.3, -0.25) is 9.59 Å². The van der Waals surface area contributed by atoms with Gasteiger partial charge in [-0.05, 0) is 20.3 Å². The summed E-state index contributed by atoms with van der Waals surface area (Å²) in [6, 6.07) is -0.417. The zero-order valence-electron chi connectivity index (χ0n) is 10.2. The minimum Gasteiger partial charge on any atom is -0.345 e. The summed E-state index contributed by atoms with van der Waals surface area (Å²) in [7, 11) is 0. The van der Waals surface area contributed by atoms with E-state index in [1.807, 2.05) is 6.92 Å². The van der Waals surface area contributed by atoms with Gasteiger partial charge in [-0.1, -0.05) is 13.3 Å². The fraction of sp³-hybridized carbons (Fsp3) is 0.818. The van der Waals surface area contributed by atoms with E-state index >= 15 is 0 Å². The fourth-order valence-corrected chi connectivity index (χ4v) is 1.41. The van der Waals surface area contributed by atoms with Gasteiger partial charge in [-0.25, -0.2) is 0 Å². The summed E-state index contributed by atoms with van der Waals surface area (Å²) >= 11 is 0. The average molecular weight is 214 g/mol. The molecule has 0 radical (unpaired) electrons. The molecule has 0 aromatic carbocycles. The van der Waals surface area contributed by atoms with Gasteiger partial charge in [0.25, 0.3) is 0 Å². The first-order chi connectivity index (χ1) is 7.02. The molecule has 88 valence electrons. The van der Waals surface area contributed by atoms with Gasteiger partial charge in [0.1, 0.15) is 6.04 Å². The first-order valence-electron chi connectivity index (χ1n) is 5.58. The van der Waals surface area contributed by atoms with Crippen LogP contribution in [0.5, 0.6) is 0 Å². The van der Waals surface area contributed by atoms with E-state index in [-0.39, 0.29) is 11.8 Å². The Morgan fingerprint density at radius 1 is 1.33 bits per heavy atom. The molecule has 4 heteroatoms. The van der Waals surface area contributed by atoms with E-state index in [9.17, 15) is 9.59 Å². The topological polar surface area (TPSA) is 49.4 Å². The van der Waals surface area contributed by atoms with Crippen LogP contribution in [0.1, 0.15) is 40.5 Å². The summed E-state index contributed by atoms with van der Waals surface area (Å²) in [5.41, 5.74) is 0. The van der Waals surface area contributed by atoms with E-state index in [1.54, 1.807) is 11.8 Å². The van der Waals surface area contributed by atoms with E-state index < -0.39 is 6.04 Å². The lowest BCUT2D eigenvalue weighted by atomic mass is 10.2.